The fourth-order valence-corrected chi connectivity index (χ4v) is 6.89. The summed E-state index contributed by atoms with van der Waals surface area (Å²) in [5.74, 6) is 3.23. The van der Waals surface area contributed by atoms with Crippen molar-refractivity contribution >= 4 is 17.4 Å². The summed E-state index contributed by atoms with van der Waals surface area (Å²) in [6.45, 7) is 12.7. The number of benzene rings is 1. The smallest absolute Gasteiger partial charge is 0.504 e. The number of aromatic nitrogens is 1. The first-order chi connectivity index (χ1) is 18.3. The van der Waals surface area contributed by atoms with E-state index in [0.717, 1.165) is 62.4 Å². The Morgan fingerprint density at radius 2 is 1.92 bits per heavy atom. The van der Waals surface area contributed by atoms with Gasteiger partial charge in [-0.2, -0.15) is 0 Å². The van der Waals surface area contributed by atoms with Gasteiger partial charge in [0.15, 0.2) is 0 Å². The van der Waals surface area contributed by atoms with Gasteiger partial charge in [0.1, 0.15) is 5.84 Å². The third-order valence-corrected chi connectivity index (χ3v) is 9.02. The number of halogens is 1. The van der Waals surface area contributed by atoms with Gasteiger partial charge in [-0.15, -0.1) is 12.3 Å². The van der Waals surface area contributed by atoms with Crippen molar-refractivity contribution in [2.45, 2.75) is 85.7 Å². The molecule has 0 amide bonds. The predicted molar refractivity (Wildman–Crippen MR) is 158 cm³/mol. The second kappa shape index (κ2) is 13.4. The van der Waals surface area contributed by atoms with Gasteiger partial charge in [0, 0.05) is 17.3 Å². The molecule has 1 aromatic carbocycles. The number of amidine groups is 1. The second-order valence-corrected chi connectivity index (χ2v) is 12.3. The number of anilines is 1. The van der Waals surface area contributed by atoms with Crippen molar-refractivity contribution in [2.24, 2.45) is 33.2 Å². The molecule has 0 bridgehead atoms. The second-order valence-electron chi connectivity index (χ2n) is 12.3. The Bertz CT molecular complexity index is 1180. The first-order valence-electron chi connectivity index (χ1n) is 14.7. The number of pyridine rings is 1. The van der Waals surface area contributed by atoms with Gasteiger partial charge in [-0.05, 0) is 80.7 Å². The van der Waals surface area contributed by atoms with Crippen LogP contribution in [0.3, 0.4) is 0 Å². The van der Waals surface area contributed by atoms with E-state index in [2.05, 4.69) is 75.9 Å². The normalized spacial score (nSPS) is 27.0. The molecule has 1 aromatic heterocycles. The van der Waals surface area contributed by atoms with E-state index in [1.807, 2.05) is 6.20 Å². The molecule has 0 radical (unpaired) electrons. The van der Waals surface area contributed by atoms with Gasteiger partial charge < -0.3 is 4.90 Å². The van der Waals surface area contributed by atoms with Crippen molar-refractivity contribution in [3.63, 3.8) is 0 Å². The standard InChI is InChI=1S/C33H44FN4.K/c1-6-13-33(32-36-20-29(37-32)22(2)3)14-11-25(19-33)21-38(30-18-28(34)16-24(30)5)31-17-27(12-15-35-31)26-9-7-23(4)8-10-26;/h7-10,12,15,17,22,24-25,28H,6,11,13-14,16,18-21H2,1-5H3;/q-1;+1. The first-order valence-corrected chi connectivity index (χ1v) is 14.7. The molecule has 2 heterocycles. The maximum Gasteiger partial charge on any atom is 1.00 e. The zero-order chi connectivity index (χ0) is 26.9. The van der Waals surface area contributed by atoms with E-state index < -0.39 is 6.17 Å². The average molecular weight is 555 g/mol. The zero-order valence-corrected chi connectivity index (χ0v) is 28.0. The minimum absolute atomic E-state index is 0. The molecule has 0 saturated heterocycles. The van der Waals surface area contributed by atoms with Crippen LogP contribution in [0.4, 0.5) is 10.2 Å². The Morgan fingerprint density at radius 3 is 2.56 bits per heavy atom. The van der Waals surface area contributed by atoms with Gasteiger partial charge in [0.2, 0.25) is 0 Å². The van der Waals surface area contributed by atoms with E-state index >= 15 is 0 Å². The summed E-state index contributed by atoms with van der Waals surface area (Å²) in [5.41, 5.74) is 4.90. The van der Waals surface area contributed by atoms with Crippen LogP contribution in [-0.4, -0.2) is 35.8 Å². The fourth-order valence-electron chi connectivity index (χ4n) is 6.89. The first kappa shape index (κ1) is 31.0. The minimum Gasteiger partial charge on any atom is -0.504 e. The number of hydrogen-bond donors (Lipinski definition) is 0. The maximum absolute atomic E-state index is 14.6. The van der Waals surface area contributed by atoms with Crippen molar-refractivity contribution in [1.82, 2.24) is 4.98 Å². The van der Waals surface area contributed by atoms with Crippen LogP contribution in [0.15, 0.2) is 52.6 Å². The van der Waals surface area contributed by atoms with E-state index in [9.17, 15) is 4.39 Å². The molecule has 2 saturated carbocycles. The molecule has 5 rings (SSSR count). The van der Waals surface area contributed by atoms with Crippen molar-refractivity contribution < 1.29 is 55.8 Å². The van der Waals surface area contributed by atoms with Crippen LogP contribution >= 0.6 is 0 Å². The average Bonchev–Trinajstić information content (AvgIpc) is 3.63. The van der Waals surface area contributed by atoms with Crippen LogP contribution in [0.2, 0.25) is 0 Å². The largest absolute Gasteiger partial charge is 1.00 e. The van der Waals surface area contributed by atoms with Gasteiger partial charge in [-0.1, -0.05) is 63.9 Å². The zero-order valence-electron chi connectivity index (χ0n) is 24.9. The number of aryl methyl sites for hydroxylation is 1. The van der Waals surface area contributed by atoms with E-state index in [1.165, 1.54) is 22.9 Å². The van der Waals surface area contributed by atoms with E-state index in [0.29, 0.717) is 24.7 Å². The summed E-state index contributed by atoms with van der Waals surface area (Å²) in [6.07, 6.45) is 7.94. The van der Waals surface area contributed by atoms with Crippen LogP contribution in [0.1, 0.15) is 78.2 Å². The summed E-state index contributed by atoms with van der Waals surface area (Å²) in [7, 11) is 0. The molecule has 4 atom stereocenters. The number of hydrogen-bond acceptors (Lipinski definition) is 4. The minimum atomic E-state index is -0.762. The van der Waals surface area contributed by atoms with Crippen LogP contribution in [0.25, 0.3) is 11.1 Å². The van der Waals surface area contributed by atoms with Crippen LogP contribution in [0, 0.1) is 36.1 Å². The summed E-state index contributed by atoms with van der Waals surface area (Å²) in [6, 6.07) is 14.1. The maximum atomic E-state index is 14.6. The van der Waals surface area contributed by atoms with Gasteiger partial charge in [-0.25, -0.2) is 16.0 Å². The summed E-state index contributed by atoms with van der Waals surface area (Å²) >= 11 is 0. The molecule has 4 unspecified atom stereocenters. The molecular formula is C33H44FKN4. The SMILES string of the molecule is CCCC1(C2=NCC(C(C)C)=N2)CCC(CN(c2cc(-c3ccc(C)cc3)ccn2)[C-]2CC(F)CC2C)C1.[K+]. The van der Waals surface area contributed by atoms with E-state index in [4.69, 9.17) is 15.0 Å². The molecule has 2 aliphatic carbocycles. The monoisotopic (exact) mass is 554 g/mol. The van der Waals surface area contributed by atoms with Crippen molar-refractivity contribution in [3.8, 4) is 11.1 Å². The predicted octanol–water partition coefficient (Wildman–Crippen LogP) is 5.26. The number of aliphatic imine (C=N–C) groups is 2. The number of alkyl halides is 1. The molecule has 0 N–H and O–H groups in total. The summed E-state index contributed by atoms with van der Waals surface area (Å²) in [5, 5.41) is 0. The Morgan fingerprint density at radius 1 is 1.15 bits per heavy atom. The third kappa shape index (κ3) is 6.94. The Labute approximate surface area is 277 Å². The van der Waals surface area contributed by atoms with Gasteiger partial charge in [0.05, 0.1) is 18.5 Å². The van der Waals surface area contributed by atoms with Crippen LogP contribution in [-0.2, 0) is 0 Å². The van der Waals surface area contributed by atoms with E-state index in [1.54, 1.807) is 0 Å². The number of nitrogens with zero attached hydrogens (tertiary/aromatic N) is 4. The molecule has 2 aromatic rings. The molecule has 0 spiro atoms. The Kier molecular flexibility index (Phi) is 10.6. The molecule has 2 fully saturated rings. The molecule has 3 aliphatic rings. The molecule has 1 aliphatic heterocycles. The van der Waals surface area contributed by atoms with Crippen molar-refractivity contribution in [1.29, 1.82) is 0 Å². The van der Waals surface area contributed by atoms with Crippen LogP contribution < -0.4 is 56.3 Å². The topological polar surface area (TPSA) is 40.9 Å². The summed E-state index contributed by atoms with van der Waals surface area (Å²) < 4.78 is 14.6. The van der Waals surface area contributed by atoms with E-state index in [-0.39, 0.29) is 62.7 Å². The fraction of sp³-hybridized carbons (Fsp3) is 0.576. The molecule has 6 heteroatoms. The number of rotatable bonds is 9. The molecule has 39 heavy (non-hydrogen) atoms. The van der Waals surface area contributed by atoms with Gasteiger partial charge >= 0.3 is 51.4 Å². The van der Waals surface area contributed by atoms with Crippen molar-refractivity contribution in [3.05, 3.63) is 54.2 Å². The quantitative estimate of drug-likeness (QED) is 0.313. The molecular weight excluding hydrogens is 510 g/mol. The summed E-state index contributed by atoms with van der Waals surface area (Å²) in [4.78, 5) is 17.3. The van der Waals surface area contributed by atoms with Crippen LogP contribution in [0.5, 0.6) is 0 Å². The third-order valence-electron chi connectivity index (χ3n) is 9.02. The van der Waals surface area contributed by atoms with Crippen molar-refractivity contribution in [2.75, 3.05) is 18.0 Å². The molecule has 204 valence electrons. The Hall–Kier alpha value is -0.924. The van der Waals surface area contributed by atoms with Gasteiger partial charge in [0.25, 0.3) is 0 Å². The Balaban J connectivity index is 0.00000353. The van der Waals surface area contributed by atoms with Gasteiger partial charge in [-0.3, -0.25) is 9.38 Å². The molecule has 4 nitrogen and oxygen atoms in total.